The van der Waals surface area contributed by atoms with Crippen molar-refractivity contribution in [3.05, 3.63) is 71.8 Å². The van der Waals surface area contributed by atoms with Gasteiger partial charge in [0.1, 0.15) is 0 Å². The Morgan fingerprint density at radius 3 is 2.50 bits per heavy atom. The van der Waals surface area contributed by atoms with Crippen LogP contribution in [0.3, 0.4) is 0 Å². The Kier molecular flexibility index (Phi) is 6.35. The normalized spacial score (nSPS) is 17.2. The van der Waals surface area contributed by atoms with E-state index in [0.29, 0.717) is 17.9 Å². The van der Waals surface area contributed by atoms with Gasteiger partial charge in [0.2, 0.25) is 0 Å². The number of benzene rings is 2. The fourth-order valence-electron chi connectivity index (χ4n) is 4.10. The monoisotopic (exact) mass is 440 g/mol. The average molecular weight is 441 g/mol. The van der Waals surface area contributed by atoms with E-state index in [-0.39, 0.29) is 6.04 Å². The second-order valence-corrected chi connectivity index (χ2v) is 8.15. The van der Waals surface area contributed by atoms with E-state index in [4.69, 9.17) is 0 Å². The predicted octanol–water partition coefficient (Wildman–Crippen LogP) is 5.55. The van der Waals surface area contributed by atoms with E-state index in [1.54, 1.807) is 6.07 Å². The first-order valence-corrected chi connectivity index (χ1v) is 11.0. The fourth-order valence-corrected chi connectivity index (χ4v) is 4.10. The molecule has 0 aromatic heterocycles. The Morgan fingerprint density at radius 2 is 1.84 bits per heavy atom. The Morgan fingerprint density at radius 1 is 1.12 bits per heavy atom. The van der Waals surface area contributed by atoms with Gasteiger partial charge in [0.25, 0.3) is 0 Å². The zero-order valence-corrected chi connectivity index (χ0v) is 18.1. The maximum atomic E-state index is 13.0. The number of hydrogen-bond acceptors (Lipinski definition) is 4. The van der Waals surface area contributed by atoms with Crippen molar-refractivity contribution in [2.45, 2.75) is 38.4 Å². The van der Waals surface area contributed by atoms with Gasteiger partial charge >= 0.3 is 6.18 Å². The van der Waals surface area contributed by atoms with Gasteiger partial charge in [-0.3, -0.25) is 4.99 Å². The van der Waals surface area contributed by atoms with Crippen LogP contribution in [0.4, 0.5) is 18.9 Å². The molecule has 2 aliphatic rings. The van der Waals surface area contributed by atoms with Gasteiger partial charge in [-0.1, -0.05) is 37.8 Å². The largest absolute Gasteiger partial charge is 0.416 e. The van der Waals surface area contributed by atoms with Gasteiger partial charge in [-0.05, 0) is 49.1 Å². The van der Waals surface area contributed by atoms with E-state index in [1.165, 1.54) is 24.6 Å². The Balaban J connectivity index is 1.43. The SMILES string of the molecule is C=C(N[C@@H](CC)C1=NC(c2cccc(C(F)(F)F)c2)=NC1)c1ccc(N2CCCC2)cc1. The van der Waals surface area contributed by atoms with Gasteiger partial charge in [0, 0.05) is 30.0 Å². The van der Waals surface area contributed by atoms with E-state index < -0.39 is 11.7 Å². The van der Waals surface area contributed by atoms with E-state index in [0.717, 1.165) is 48.6 Å². The van der Waals surface area contributed by atoms with Crippen molar-refractivity contribution in [1.82, 2.24) is 5.32 Å². The van der Waals surface area contributed by atoms with E-state index >= 15 is 0 Å². The van der Waals surface area contributed by atoms with Crippen LogP contribution in [0.2, 0.25) is 0 Å². The molecule has 0 saturated carbocycles. The highest BCUT2D eigenvalue weighted by Gasteiger charge is 2.31. The molecule has 2 aromatic rings. The van der Waals surface area contributed by atoms with Crippen molar-refractivity contribution in [1.29, 1.82) is 0 Å². The van der Waals surface area contributed by atoms with E-state index in [9.17, 15) is 13.2 Å². The van der Waals surface area contributed by atoms with Crippen LogP contribution in [0.1, 0.15) is 42.9 Å². The number of rotatable bonds is 7. The molecule has 1 N–H and O–H groups in total. The Labute approximate surface area is 186 Å². The fraction of sp³-hybridized carbons (Fsp3) is 0.360. The molecule has 4 nitrogen and oxygen atoms in total. The molecule has 0 radical (unpaired) electrons. The molecule has 2 aliphatic heterocycles. The lowest BCUT2D eigenvalue weighted by molar-refractivity contribution is -0.137. The molecular formula is C25H27F3N4. The van der Waals surface area contributed by atoms with Crippen molar-refractivity contribution < 1.29 is 13.2 Å². The molecule has 32 heavy (non-hydrogen) atoms. The molecule has 1 saturated heterocycles. The first-order chi connectivity index (χ1) is 15.3. The summed E-state index contributed by atoms with van der Waals surface area (Å²) in [6.07, 6.45) is -1.16. The molecule has 0 unspecified atom stereocenters. The minimum absolute atomic E-state index is 0.0900. The minimum atomic E-state index is -4.39. The number of halogens is 3. The van der Waals surface area contributed by atoms with Crippen LogP contribution >= 0.6 is 0 Å². The molecule has 0 aliphatic carbocycles. The smallest absolute Gasteiger partial charge is 0.377 e. The number of hydrogen-bond donors (Lipinski definition) is 1. The Hall–Kier alpha value is -3.09. The van der Waals surface area contributed by atoms with Gasteiger partial charge in [-0.2, -0.15) is 13.2 Å². The number of aliphatic imine (C=N–C) groups is 2. The summed E-state index contributed by atoms with van der Waals surface area (Å²) in [6.45, 7) is 8.78. The summed E-state index contributed by atoms with van der Waals surface area (Å²) in [7, 11) is 0. The molecule has 7 heteroatoms. The highest BCUT2D eigenvalue weighted by Crippen LogP contribution is 2.30. The maximum absolute atomic E-state index is 13.0. The van der Waals surface area contributed by atoms with Crippen LogP contribution in [0.5, 0.6) is 0 Å². The molecule has 0 bridgehead atoms. The van der Waals surface area contributed by atoms with Crippen molar-refractivity contribution in [2.75, 3.05) is 24.5 Å². The summed E-state index contributed by atoms with van der Waals surface area (Å²) in [5, 5.41) is 3.43. The summed E-state index contributed by atoms with van der Waals surface area (Å²) in [6, 6.07) is 13.4. The maximum Gasteiger partial charge on any atom is 0.416 e. The molecule has 0 amide bonds. The summed E-state index contributed by atoms with van der Waals surface area (Å²) >= 11 is 0. The van der Waals surface area contributed by atoms with Crippen LogP contribution in [-0.2, 0) is 6.18 Å². The third kappa shape index (κ3) is 4.87. The number of anilines is 1. The lowest BCUT2D eigenvalue weighted by Crippen LogP contribution is -2.35. The second-order valence-electron chi connectivity index (χ2n) is 8.15. The van der Waals surface area contributed by atoms with Gasteiger partial charge in [-0.25, -0.2) is 4.99 Å². The lowest BCUT2D eigenvalue weighted by Gasteiger charge is -2.21. The van der Waals surface area contributed by atoms with E-state index in [2.05, 4.69) is 51.0 Å². The summed E-state index contributed by atoms with van der Waals surface area (Å²) < 4.78 is 39.1. The van der Waals surface area contributed by atoms with Crippen LogP contribution in [0.15, 0.2) is 65.1 Å². The van der Waals surface area contributed by atoms with E-state index in [1.807, 2.05) is 6.92 Å². The lowest BCUT2D eigenvalue weighted by atomic mass is 10.1. The third-order valence-corrected chi connectivity index (χ3v) is 5.93. The highest BCUT2D eigenvalue weighted by molar-refractivity contribution is 6.13. The first kappa shape index (κ1) is 22.1. The van der Waals surface area contributed by atoms with Crippen molar-refractivity contribution in [3.63, 3.8) is 0 Å². The molecular weight excluding hydrogens is 413 g/mol. The van der Waals surface area contributed by atoms with Gasteiger partial charge in [0.05, 0.1) is 23.9 Å². The number of alkyl halides is 3. The zero-order chi connectivity index (χ0) is 22.7. The zero-order valence-electron chi connectivity index (χ0n) is 18.1. The third-order valence-electron chi connectivity index (χ3n) is 5.93. The number of nitrogens with one attached hydrogen (secondary N) is 1. The quantitative estimate of drug-likeness (QED) is 0.614. The van der Waals surface area contributed by atoms with Crippen LogP contribution in [0, 0.1) is 0 Å². The van der Waals surface area contributed by atoms with Crippen molar-refractivity contribution >= 4 is 22.9 Å². The molecule has 1 atom stereocenters. The highest BCUT2D eigenvalue weighted by atomic mass is 19.4. The van der Waals surface area contributed by atoms with Crippen LogP contribution in [0.25, 0.3) is 5.70 Å². The van der Waals surface area contributed by atoms with Crippen molar-refractivity contribution in [2.24, 2.45) is 9.98 Å². The van der Waals surface area contributed by atoms with Crippen LogP contribution < -0.4 is 10.2 Å². The predicted molar refractivity (Wildman–Crippen MR) is 124 cm³/mol. The number of nitrogens with zero attached hydrogens (tertiary/aromatic N) is 3. The molecule has 2 aromatic carbocycles. The second kappa shape index (κ2) is 9.18. The molecule has 168 valence electrons. The Bertz CT molecular complexity index is 1030. The minimum Gasteiger partial charge on any atom is -0.377 e. The molecule has 1 fully saturated rings. The van der Waals surface area contributed by atoms with Gasteiger partial charge in [0.15, 0.2) is 5.84 Å². The van der Waals surface area contributed by atoms with Gasteiger partial charge in [-0.15, -0.1) is 0 Å². The molecule has 0 spiro atoms. The average Bonchev–Trinajstić information content (AvgIpc) is 3.49. The van der Waals surface area contributed by atoms with Crippen LogP contribution in [-0.4, -0.2) is 37.2 Å². The first-order valence-electron chi connectivity index (χ1n) is 11.0. The standard InChI is InChI=1S/C25H27F3N4/c1-3-22(30-17(2)18-9-11-21(12-10-18)32-13-4-5-14-32)23-16-29-24(31-23)19-7-6-8-20(15-19)25(26,27)28/h6-12,15,22,30H,2-5,13-14,16H2,1H3/t22-/m0/s1. The molecule has 2 heterocycles. The number of amidine groups is 1. The topological polar surface area (TPSA) is 40.0 Å². The summed E-state index contributed by atoms with van der Waals surface area (Å²) in [5.74, 6) is 0.340. The molecule has 4 rings (SSSR count). The van der Waals surface area contributed by atoms with Gasteiger partial charge < -0.3 is 10.2 Å². The van der Waals surface area contributed by atoms with Crippen molar-refractivity contribution in [3.8, 4) is 0 Å². The summed E-state index contributed by atoms with van der Waals surface area (Å²) in [5.41, 5.74) is 3.50. The summed E-state index contributed by atoms with van der Waals surface area (Å²) in [4.78, 5) is 11.3.